The Morgan fingerprint density at radius 2 is 1.80 bits per heavy atom. The van der Waals surface area contributed by atoms with Gasteiger partial charge in [0, 0.05) is 45.5 Å². The third-order valence-electron chi connectivity index (χ3n) is 4.85. The molecule has 0 unspecified atom stereocenters. The Kier molecular flexibility index (Phi) is 4.52. The standard InChI is InChI=1S/C17H22N6OS/c1-13-15(25-12-19-13)16(24)22-10-8-21(9-11-22)14-4-5-18-17(20-14)23-6-2-3-7-23/h4-5,12H,2-3,6-11H2,1H3. The number of piperazine rings is 1. The summed E-state index contributed by atoms with van der Waals surface area (Å²) < 4.78 is 0. The third kappa shape index (κ3) is 3.30. The highest BCUT2D eigenvalue weighted by Crippen LogP contribution is 2.21. The first-order valence-corrected chi connectivity index (χ1v) is 9.62. The zero-order chi connectivity index (χ0) is 17.2. The summed E-state index contributed by atoms with van der Waals surface area (Å²) in [5, 5.41) is 0. The van der Waals surface area contributed by atoms with E-state index in [1.807, 2.05) is 24.1 Å². The second kappa shape index (κ2) is 6.95. The van der Waals surface area contributed by atoms with Crippen LogP contribution in [0.5, 0.6) is 0 Å². The van der Waals surface area contributed by atoms with Crippen LogP contribution in [0.4, 0.5) is 11.8 Å². The van der Waals surface area contributed by atoms with Crippen LogP contribution in [0, 0.1) is 6.92 Å². The number of nitrogens with zero attached hydrogens (tertiary/aromatic N) is 6. The SMILES string of the molecule is Cc1ncsc1C(=O)N1CCN(c2ccnc(N3CCCC3)n2)CC1. The van der Waals surface area contributed by atoms with Gasteiger partial charge in [0.25, 0.3) is 5.91 Å². The number of aryl methyl sites for hydroxylation is 1. The molecule has 7 nitrogen and oxygen atoms in total. The summed E-state index contributed by atoms with van der Waals surface area (Å²) in [5.74, 6) is 1.88. The minimum absolute atomic E-state index is 0.0973. The molecule has 0 aliphatic carbocycles. The summed E-state index contributed by atoms with van der Waals surface area (Å²) in [7, 11) is 0. The van der Waals surface area contributed by atoms with Crippen LogP contribution in [0.1, 0.15) is 28.2 Å². The van der Waals surface area contributed by atoms with Crippen molar-refractivity contribution in [2.75, 3.05) is 49.1 Å². The number of hydrogen-bond donors (Lipinski definition) is 0. The van der Waals surface area contributed by atoms with Gasteiger partial charge in [-0.2, -0.15) is 4.98 Å². The van der Waals surface area contributed by atoms with Crippen LogP contribution < -0.4 is 9.80 Å². The molecular weight excluding hydrogens is 336 g/mol. The molecule has 0 saturated carbocycles. The second-order valence-electron chi connectivity index (χ2n) is 6.46. The molecule has 132 valence electrons. The summed E-state index contributed by atoms with van der Waals surface area (Å²) in [6.45, 7) is 6.97. The molecule has 0 spiro atoms. The minimum atomic E-state index is 0.0973. The maximum absolute atomic E-state index is 12.6. The van der Waals surface area contributed by atoms with Gasteiger partial charge in [-0.15, -0.1) is 11.3 Å². The predicted molar refractivity (Wildman–Crippen MR) is 98.4 cm³/mol. The van der Waals surface area contributed by atoms with E-state index in [1.54, 1.807) is 5.51 Å². The lowest BCUT2D eigenvalue weighted by molar-refractivity contribution is 0.0750. The zero-order valence-corrected chi connectivity index (χ0v) is 15.2. The van der Waals surface area contributed by atoms with Crippen molar-refractivity contribution < 1.29 is 4.79 Å². The molecule has 2 fully saturated rings. The number of aromatic nitrogens is 3. The van der Waals surface area contributed by atoms with Gasteiger partial charge in [0.15, 0.2) is 0 Å². The first-order valence-electron chi connectivity index (χ1n) is 8.74. The molecule has 2 aliphatic rings. The van der Waals surface area contributed by atoms with Crippen molar-refractivity contribution in [3.63, 3.8) is 0 Å². The molecule has 2 aromatic rings. The van der Waals surface area contributed by atoms with Gasteiger partial charge < -0.3 is 14.7 Å². The number of carbonyl (C=O) groups excluding carboxylic acids is 1. The van der Waals surface area contributed by atoms with Crippen molar-refractivity contribution in [1.29, 1.82) is 0 Å². The van der Waals surface area contributed by atoms with E-state index >= 15 is 0 Å². The molecule has 4 rings (SSSR count). The molecule has 2 aromatic heterocycles. The van der Waals surface area contributed by atoms with Gasteiger partial charge in [-0.1, -0.05) is 0 Å². The van der Waals surface area contributed by atoms with E-state index in [4.69, 9.17) is 4.98 Å². The molecule has 2 aliphatic heterocycles. The van der Waals surface area contributed by atoms with E-state index < -0.39 is 0 Å². The normalized spacial score (nSPS) is 18.0. The lowest BCUT2D eigenvalue weighted by Crippen LogP contribution is -2.49. The van der Waals surface area contributed by atoms with Crippen molar-refractivity contribution in [3.05, 3.63) is 28.3 Å². The van der Waals surface area contributed by atoms with Gasteiger partial charge in [-0.25, -0.2) is 9.97 Å². The van der Waals surface area contributed by atoms with E-state index in [0.29, 0.717) is 13.1 Å². The number of carbonyl (C=O) groups is 1. The van der Waals surface area contributed by atoms with Gasteiger partial charge in [-0.3, -0.25) is 4.79 Å². The van der Waals surface area contributed by atoms with Crippen molar-refractivity contribution in [1.82, 2.24) is 19.9 Å². The van der Waals surface area contributed by atoms with Crippen molar-refractivity contribution in [2.24, 2.45) is 0 Å². The Labute approximate surface area is 151 Å². The first kappa shape index (κ1) is 16.3. The summed E-state index contributed by atoms with van der Waals surface area (Å²) >= 11 is 1.42. The number of rotatable bonds is 3. The van der Waals surface area contributed by atoms with Crippen LogP contribution >= 0.6 is 11.3 Å². The summed E-state index contributed by atoms with van der Waals surface area (Å²) in [6.07, 6.45) is 4.27. The number of thiazole rings is 1. The third-order valence-corrected chi connectivity index (χ3v) is 5.76. The largest absolute Gasteiger partial charge is 0.353 e. The molecule has 8 heteroatoms. The Hall–Kier alpha value is -2.22. The highest BCUT2D eigenvalue weighted by atomic mass is 32.1. The molecule has 2 saturated heterocycles. The maximum Gasteiger partial charge on any atom is 0.265 e. The molecule has 0 bridgehead atoms. The topological polar surface area (TPSA) is 65.5 Å². The first-order chi connectivity index (χ1) is 12.2. The molecule has 4 heterocycles. The van der Waals surface area contributed by atoms with Crippen LogP contribution in [0.15, 0.2) is 17.8 Å². The van der Waals surface area contributed by atoms with Crippen LogP contribution in [0.25, 0.3) is 0 Å². The van der Waals surface area contributed by atoms with Crippen LogP contribution in [0.3, 0.4) is 0 Å². The molecular formula is C17H22N6OS. The Morgan fingerprint density at radius 3 is 2.48 bits per heavy atom. The number of amides is 1. The van der Waals surface area contributed by atoms with Crippen LogP contribution in [0.2, 0.25) is 0 Å². The quantitative estimate of drug-likeness (QED) is 0.834. The average Bonchev–Trinajstić information content (AvgIpc) is 3.33. The van der Waals surface area contributed by atoms with E-state index in [-0.39, 0.29) is 5.91 Å². The molecule has 1 amide bonds. The molecule has 25 heavy (non-hydrogen) atoms. The van der Waals surface area contributed by atoms with Gasteiger partial charge in [0.1, 0.15) is 10.7 Å². The predicted octanol–water partition coefficient (Wildman–Crippen LogP) is 1.80. The molecule has 0 atom stereocenters. The average molecular weight is 358 g/mol. The Bertz CT molecular complexity index is 749. The Morgan fingerprint density at radius 1 is 1.04 bits per heavy atom. The molecule has 0 aromatic carbocycles. The van der Waals surface area contributed by atoms with Gasteiger partial charge in [-0.05, 0) is 25.8 Å². The smallest absolute Gasteiger partial charge is 0.265 e. The van der Waals surface area contributed by atoms with E-state index in [9.17, 15) is 4.79 Å². The van der Waals surface area contributed by atoms with Gasteiger partial charge in [0.05, 0.1) is 11.2 Å². The summed E-state index contributed by atoms with van der Waals surface area (Å²) in [4.78, 5) is 33.1. The minimum Gasteiger partial charge on any atom is -0.353 e. The maximum atomic E-state index is 12.6. The van der Waals surface area contributed by atoms with Crippen LogP contribution in [-0.4, -0.2) is 65.0 Å². The Balaban J connectivity index is 1.41. The van der Waals surface area contributed by atoms with E-state index in [0.717, 1.165) is 48.5 Å². The fourth-order valence-corrected chi connectivity index (χ4v) is 4.14. The summed E-state index contributed by atoms with van der Waals surface area (Å²) in [5.41, 5.74) is 2.56. The van der Waals surface area contributed by atoms with Gasteiger partial charge >= 0.3 is 0 Å². The zero-order valence-electron chi connectivity index (χ0n) is 14.4. The lowest BCUT2D eigenvalue weighted by Gasteiger charge is -2.35. The van der Waals surface area contributed by atoms with Crippen molar-refractivity contribution in [2.45, 2.75) is 19.8 Å². The monoisotopic (exact) mass is 358 g/mol. The van der Waals surface area contributed by atoms with E-state index in [1.165, 1.54) is 24.2 Å². The molecule has 0 radical (unpaired) electrons. The van der Waals surface area contributed by atoms with Crippen molar-refractivity contribution >= 4 is 29.0 Å². The number of anilines is 2. The highest BCUT2D eigenvalue weighted by molar-refractivity contribution is 7.11. The van der Waals surface area contributed by atoms with Gasteiger partial charge in [0.2, 0.25) is 5.95 Å². The molecule has 0 N–H and O–H groups in total. The van der Waals surface area contributed by atoms with Crippen molar-refractivity contribution in [3.8, 4) is 0 Å². The fourth-order valence-electron chi connectivity index (χ4n) is 3.37. The number of hydrogen-bond acceptors (Lipinski definition) is 7. The lowest BCUT2D eigenvalue weighted by atomic mass is 10.2. The summed E-state index contributed by atoms with van der Waals surface area (Å²) in [6, 6.07) is 1.96. The van der Waals surface area contributed by atoms with E-state index in [2.05, 4.69) is 19.8 Å². The van der Waals surface area contributed by atoms with Crippen LogP contribution in [-0.2, 0) is 0 Å². The second-order valence-corrected chi connectivity index (χ2v) is 7.31. The highest BCUT2D eigenvalue weighted by Gasteiger charge is 2.25. The fraction of sp³-hybridized carbons (Fsp3) is 0.529.